The fraction of sp³-hybridized carbons (Fsp3) is 0.192. The Morgan fingerprint density at radius 2 is 1.64 bits per heavy atom. The Bertz CT molecular complexity index is 1250. The summed E-state index contributed by atoms with van der Waals surface area (Å²) in [4.78, 5) is 36.3. The van der Waals surface area contributed by atoms with Gasteiger partial charge >= 0.3 is 5.97 Å². The summed E-state index contributed by atoms with van der Waals surface area (Å²) < 4.78 is 11.6. The molecule has 0 heterocycles. The van der Waals surface area contributed by atoms with Crippen LogP contribution in [0.4, 0.5) is 11.4 Å². The maximum absolute atomic E-state index is 12.2. The van der Waals surface area contributed by atoms with Gasteiger partial charge in [0.15, 0.2) is 6.61 Å². The Labute approximate surface area is 227 Å². The van der Waals surface area contributed by atoms with Gasteiger partial charge in [0, 0.05) is 27.3 Å². The Morgan fingerprint density at radius 3 is 2.33 bits per heavy atom. The molecule has 10 heteroatoms. The highest BCUT2D eigenvalue weighted by molar-refractivity contribution is 9.10. The van der Waals surface area contributed by atoms with Crippen LogP contribution in [-0.4, -0.2) is 24.4 Å². The molecule has 0 saturated carbocycles. The number of benzene rings is 3. The van der Waals surface area contributed by atoms with Crippen molar-refractivity contribution in [2.45, 2.75) is 26.2 Å². The Kier molecular flexibility index (Phi) is 10.2. The van der Waals surface area contributed by atoms with Crippen LogP contribution in [0.3, 0.4) is 0 Å². The number of amides is 2. The summed E-state index contributed by atoms with van der Waals surface area (Å²) in [7, 11) is 0. The second kappa shape index (κ2) is 13.3. The number of hydrogen-bond acceptors (Lipinski definition) is 5. The third-order valence-corrected chi connectivity index (χ3v) is 5.93. The number of aryl methyl sites for hydroxylation is 1. The number of halogens is 3. The van der Waals surface area contributed by atoms with E-state index in [0.29, 0.717) is 32.9 Å². The van der Waals surface area contributed by atoms with Crippen molar-refractivity contribution in [1.29, 1.82) is 0 Å². The predicted molar refractivity (Wildman–Crippen MR) is 144 cm³/mol. The zero-order valence-electron chi connectivity index (χ0n) is 19.3. The lowest BCUT2D eigenvalue weighted by Gasteiger charge is -2.11. The molecule has 0 unspecified atom stereocenters. The quantitative estimate of drug-likeness (QED) is 0.247. The largest absolute Gasteiger partial charge is 0.456 e. The fourth-order valence-corrected chi connectivity index (χ4v) is 3.97. The smallest absolute Gasteiger partial charge is 0.306 e. The Morgan fingerprint density at radius 1 is 0.889 bits per heavy atom. The summed E-state index contributed by atoms with van der Waals surface area (Å²) in [6.45, 7) is 1.54. The first-order valence-corrected chi connectivity index (χ1v) is 12.5. The summed E-state index contributed by atoms with van der Waals surface area (Å²) in [5, 5.41) is 6.30. The van der Waals surface area contributed by atoms with Gasteiger partial charge in [0.2, 0.25) is 5.91 Å². The van der Waals surface area contributed by atoms with Gasteiger partial charge in [-0.1, -0.05) is 46.1 Å². The number of ether oxygens (including phenoxy) is 2. The predicted octanol–water partition coefficient (Wildman–Crippen LogP) is 7.01. The highest BCUT2D eigenvalue weighted by atomic mass is 79.9. The normalized spacial score (nSPS) is 10.4. The topological polar surface area (TPSA) is 93.7 Å². The molecular formula is C26H23BrCl2N2O5. The number of nitrogens with one attached hydrogen (secondary N) is 2. The van der Waals surface area contributed by atoms with Gasteiger partial charge in [-0.2, -0.15) is 0 Å². The second-order valence-corrected chi connectivity index (χ2v) is 9.37. The number of carbonyl (C=O) groups excluding carboxylic acids is 3. The standard InChI is InChI=1S/C26H23BrCl2N2O5/c1-2-16-13-17(27)3-9-22(16)31-25(33)15-35-26(34)12-11-24(32)30-19-5-7-20(8-6-19)36-23-10-4-18(28)14-21(23)29/h3-10,13-14H,2,11-12,15H2,1H3,(H,30,32)(H,31,33). The molecular weight excluding hydrogens is 571 g/mol. The van der Waals surface area contributed by atoms with Crippen molar-refractivity contribution in [3.63, 3.8) is 0 Å². The van der Waals surface area contributed by atoms with E-state index in [4.69, 9.17) is 32.7 Å². The van der Waals surface area contributed by atoms with E-state index in [2.05, 4.69) is 26.6 Å². The SMILES string of the molecule is CCc1cc(Br)ccc1NC(=O)COC(=O)CCC(=O)Nc1ccc(Oc2ccc(Cl)cc2Cl)cc1. The van der Waals surface area contributed by atoms with Crippen molar-refractivity contribution in [2.75, 3.05) is 17.2 Å². The summed E-state index contributed by atoms with van der Waals surface area (Å²) in [5.74, 6) is -0.489. The Balaban J connectivity index is 1.39. The second-order valence-electron chi connectivity index (χ2n) is 7.61. The van der Waals surface area contributed by atoms with E-state index in [0.717, 1.165) is 16.5 Å². The van der Waals surface area contributed by atoms with E-state index in [9.17, 15) is 14.4 Å². The van der Waals surface area contributed by atoms with Crippen molar-refractivity contribution < 1.29 is 23.9 Å². The van der Waals surface area contributed by atoms with Gasteiger partial charge in [-0.3, -0.25) is 14.4 Å². The number of carbonyl (C=O) groups is 3. The highest BCUT2D eigenvalue weighted by Gasteiger charge is 2.12. The number of rotatable bonds is 10. The van der Waals surface area contributed by atoms with Gasteiger partial charge in [0.1, 0.15) is 11.5 Å². The Hall–Kier alpha value is -3.07. The molecule has 0 radical (unpaired) electrons. The zero-order chi connectivity index (χ0) is 26.1. The van der Waals surface area contributed by atoms with Crippen molar-refractivity contribution in [2.24, 2.45) is 0 Å². The highest BCUT2D eigenvalue weighted by Crippen LogP contribution is 2.32. The number of anilines is 2. The average Bonchev–Trinajstić information content (AvgIpc) is 2.85. The van der Waals surface area contributed by atoms with Gasteiger partial charge in [-0.25, -0.2) is 0 Å². The molecule has 188 valence electrons. The molecule has 3 aromatic carbocycles. The molecule has 3 rings (SSSR count). The molecule has 0 bridgehead atoms. The minimum Gasteiger partial charge on any atom is -0.456 e. The van der Waals surface area contributed by atoms with Crippen LogP contribution in [0.15, 0.2) is 65.1 Å². The van der Waals surface area contributed by atoms with Crippen molar-refractivity contribution >= 4 is 68.3 Å². The maximum Gasteiger partial charge on any atom is 0.306 e. The molecule has 0 aromatic heterocycles. The van der Waals surface area contributed by atoms with Crippen LogP contribution in [0.1, 0.15) is 25.3 Å². The van der Waals surface area contributed by atoms with Crippen LogP contribution < -0.4 is 15.4 Å². The van der Waals surface area contributed by atoms with Crippen LogP contribution in [-0.2, 0) is 25.5 Å². The maximum atomic E-state index is 12.2. The van der Waals surface area contributed by atoms with Crippen LogP contribution >= 0.6 is 39.1 Å². The van der Waals surface area contributed by atoms with Crippen molar-refractivity contribution in [1.82, 2.24) is 0 Å². The summed E-state index contributed by atoms with van der Waals surface area (Å²) in [5.41, 5.74) is 2.14. The van der Waals surface area contributed by atoms with E-state index in [1.54, 1.807) is 48.5 Å². The van der Waals surface area contributed by atoms with Crippen molar-refractivity contribution in [3.8, 4) is 11.5 Å². The molecule has 2 N–H and O–H groups in total. The molecule has 0 saturated heterocycles. The van der Waals surface area contributed by atoms with E-state index in [1.807, 2.05) is 19.1 Å². The van der Waals surface area contributed by atoms with Gasteiger partial charge in [-0.15, -0.1) is 0 Å². The lowest BCUT2D eigenvalue weighted by molar-refractivity contribution is -0.147. The van der Waals surface area contributed by atoms with E-state index in [-0.39, 0.29) is 18.7 Å². The van der Waals surface area contributed by atoms with Gasteiger partial charge in [-0.05, 0) is 72.6 Å². The molecule has 7 nitrogen and oxygen atoms in total. The van der Waals surface area contributed by atoms with Crippen LogP contribution in [0.2, 0.25) is 10.0 Å². The lowest BCUT2D eigenvalue weighted by Crippen LogP contribution is -2.22. The summed E-state index contributed by atoms with van der Waals surface area (Å²) in [6.07, 6.45) is 0.482. The molecule has 0 spiro atoms. The van der Waals surface area contributed by atoms with E-state index in [1.165, 1.54) is 0 Å². The minimum absolute atomic E-state index is 0.0915. The number of hydrogen-bond donors (Lipinski definition) is 2. The first-order chi connectivity index (χ1) is 17.2. The van der Waals surface area contributed by atoms with Crippen LogP contribution in [0.5, 0.6) is 11.5 Å². The van der Waals surface area contributed by atoms with Gasteiger partial charge < -0.3 is 20.1 Å². The van der Waals surface area contributed by atoms with Crippen LogP contribution in [0.25, 0.3) is 0 Å². The molecule has 0 aliphatic heterocycles. The zero-order valence-corrected chi connectivity index (χ0v) is 22.4. The molecule has 2 amide bonds. The molecule has 0 aliphatic carbocycles. The summed E-state index contributed by atoms with van der Waals surface area (Å²) in [6, 6.07) is 17.1. The first-order valence-electron chi connectivity index (χ1n) is 11.0. The van der Waals surface area contributed by atoms with Crippen molar-refractivity contribution in [3.05, 3.63) is 80.7 Å². The average molecular weight is 594 g/mol. The molecule has 0 aliphatic rings. The lowest BCUT2D eigenvalue weighted by atomic mass is 10.1. The molecule has 36 heavy (non-hydrogen) atoms. The van der Waals surface area contributed by atoms with E-state index >= 15 is 0 Å². The fourth-order valence-electron chi connectivity index (χ4n) is 3.11. The third kappa shape index (κ3) is 8.55. The summed E-state index contributed by atoms with van der Waals surface area (Å²) >= 11 is 15.4. The third-order valence-electron chi connectivity index (χ3n) is 4.90. The number of esters is 1. The molecule has 3 aromatic rings. The molecule has 0 atom stereocenters. The first kappa shape index (κ1) is 27.5. The van der Waals surface area contributed by atoms with Gasteiger partial charge in [0.05, 0.1) is 11.4 Å². The minimum atomic E-state index is -0.643. The van der Waals surface area contributed by atoms with E-state index < -0.39 is 18.5 Å². The van der Waals surface area contributed by atoms with Crippen LogP contribution in [0, 0.1) is 0 Å². The molecule has 0 fully saturated rings. The monoisotopic (exact) mass is 592 g/mol. The van der Waals surface area contributed by atoms with Gasteiger partial charge in [0.25, 0.3) is 5.91 Å².